The van der Waals surface area contributed by atoms with Gasteiger partial charge < -0.3 is 15.3 Å². The Balaban J connectivity index is 1.70. The lowest BCUT2D eigenvalue weighted by atomic mass is 9.44. The first-order valence-corrected chi connectivity index (χ1v) is 10.2. The number of aliphatic hydroxyl groups is 3. The molecule has 0 heterocycles. The molecule has 9 atom stereocenters. The van der Waals surface area contributed by atoms with Crippen molar-refractivity contribution in [3.8, 4) is 0 Å². The molecule has 4 aliphatic rings. The summed E-state index contributed by atoms with van der Waals surface area (Å²) in [6.07, 6.45) is 5.60. The molecule has 0 aromatic heterocycles. The molecular weight excluding hydrogens is 316 g/mol. The molecule has 4 nitrogen and oxygen atoms in total. The molecule has 4 saturated carbocycles. The molecule has 4 rings (SSSR count). The first-order chi connectivity index (χ1) is 11.6. The summed E-state index contributed by atoms with van der Waals surface area (Å²) in [6.45, 7) is 6.01. The Morgan fingerprint density at radius 2 is 1.84 bits per heavy atom. The molecule has 0 aromatic rings. The number of carbonyl (C=O) groups excluding carboxylic acids is 1. The first kappa shape index (κ1) is 17.9. The highest BCUT2D eigenvalue weighted by molar-refractivity contribution is 5.84. The predicted octanol–water partition coefficient (Wildman–Crippen LogP) is 2.68. The fourth-order valence-corrected chi connectivity index (χ4v) is 7.77. The van der Waals surface area contributed by atoms with E-state index in [-0.39, 0.29) is 17.4 Å². The maximum absolute atomic E-state index is 13.4. The summed E-state index contributed by atoms with van der Waals surface area (Å²) >= 11 is 0. The molecule has 0 spiro atoms. The van der Waals surface area contributed by atoms with E-state index in [4.69, 9.17) is 0 Å². The van der Waals surface area contributed by atoms with Crippen molar-refractivity contribution in [3.05, 3.63) is 0 Å². The fourth-order valence-electron chi connectivity index (χ4n) is 7.77. The topological polar surface area (TPSA) is 77.8 Å². The molecule has 0 unspecified atom stereocenters. The zero-order valence-electron chi connectivity index (χ0n) is 15.9. The second kappa shape index (κ2) is 5.53. The molecule has 0 radical (unpaired) electrons. The molecule has 142 valence electrons. The van der Waals surface area contributed by atoms with Crippen LogP contribution in [0, 0.1) is 34.5 Å². The van der Waals surface area contributed by atoms with Gasteiger partial charge in [-0.25, -0.2) is 0 Å². The van der Waals surface area contributed by atoms with E-state index in [1.54, 1.807) is 6.92 Å². The van der Waals surface area contributed by atoms with Gasteiger partial charge in [-0.1, -0.05) is 13.8 Å². The van der Waals surface area contributed by atoms with Gasteiger partial charge in [0.25, 0.3) is 0 Å². The van der Waals surface area contributed by atoms with Gasteiger partial charge in [0.05, 0.1) is 17.8 Å². The van der Waals surface area contributed by atoms with Gasteiger partial charge in [0, 0.05) is 17.8 Å². The molecular formula is C21H34O4. The number of ketones is 1. The van der Waals surface area contributed by atoms with Gasteiger partial charge in [0.2, 0.25) is 0 Å². The van der Waals surface area contributed by atoms with Gasteiger partial charge in [-0.15, -0.1) is 0 Å². The molecule has 0 bridgehead atoms. The largest absolute Gasteiger partial charge is 0.393 e. The van der Waals surface area contributed by atoms with Crippen molar-refractivity contribution in [2.24, 2.45) is 34.5 Å². The third-order valence-electron chi connectivity index (χ3n) is 9.23. The SMILES string of the molecule is C[C@@H](O)[C@@]1(O)CC[C@H]2[C@@H]3CC[C@@H]4C[C@H](O)CC[C@]4(C)[C@H]3C(=O)C[C@@]21C. The maximum Gasteiger partial charge on any atom is 0.137 e. The molecule has 4 fully saturated rings. The van der Waals surface area contributed by atoms with Gasteiger partial charge in [0.1, 0.15) is 5.78 Å². The van der Waals surface area contributed by atoms with Crippen molar-refractivity contribution in [1.29, 1.82) is 0 Å². The Hall–Kier alpha value is -0.450. The third kappa shape index (κ3) is 2.20. The molecule has 4 heteroatoms. The standard InChI is InChI=1S/C21H34O4/c1-12(22)21(25)9-7-16-15-5-4-13-10-14(23)6-8-19(13,2)18(15)17(24)11-20(16,21)3/h12-16,18,22-23,25H,4-11H2,1-3H3/t12-,13-,14-,15+,16+,18-,19+,20+,21+/m1/s1. The lowest BCUT2D eigenvalue weighted by molar-refractivity contribution is -0.190. The van der Waals surface area contributed by atoms with E-state index in [0.717, 1.165) is 38.5 Å². The molecule has 0 aromatic carbocycles. The summed E-state index contributed by atoms with van der Waals surface area (Å²) < 4.78 is 0. The zero-order chi connectivity index (χ0) is 18.2. The van der Waals surface area contributed by atoms with E-state index in [1.165, 1.54) is 0 Å². The minimum Gasteiger partial charge on any atom is -0.393 e. The average Bonchev–Trinajstić information content (AvgIpc) is 2.80. The minimum atomic E-state index is -1.14. The highest BCUT2D eigenvalue weighted by Crippen LogP contribution is 2.67. The number of rotatable bonds is 1. The van der Waals surface area contributed by atoms with Crippen LogP contribution >= 0.6 is 0 Å². The van der Waals surface area contributed by atoms with Crippen molar-refractivity contribution in [2.45, 2.75) is 89.9 Å². The van der Waals surface area contributed by atoms with E-state index >= 15 is 0 Å². The van der Waals surface area contributed by atoms with Crippen LogP contribution in [0.1, 0.15) is 72.1 Å². The Morgan fingerprint density at radius 1 is 1.12 bits per heavy atom. The number of hydrogen-bond acceptors (Lipinski definition) is 4. The third-order valence-corrected chi connectivity index (χ3v) is 9.23. The number of aliphatic hydroxyl groups excluding tert-OH is 2. The number of fused-ring (bicyclic) bond motifs is 5. The summed E-state index contributed by atoms with van der Waals surface area (Å²) in [7, 11) is 0. The minimum absolute atomic E-state index is 0.00605. The Labute approximate surface area is 151 Å². The van der Waals surface area contributed by atoms with Crippen LogP contribution in [0.3, 0.4) is 0 Å². The molecule has 3 N–H and O–H groups in total. The maximum atomic E-state index is 13.4. The van der Waals surface area contributed by atoms with Crippen LogP contribution in [0.2, 0.25) is 0 Å². The Bertz CT molecular complexity index is 574. The van der Waals surface area contributed by atoms with Crippen LogP contribution in [-0.2, 0) is 4.79 Å². The summed E-state index contributed by atoms with van der Waals surface area (Å²) in [5, 5.41) is 31.6. The number of carbonyl (C=O) groups is 1. The van der Waals surface area contributed by atoms with Crippen LogP contribution in [0.4, 0.5) is 0 Å². The summed E-state index contributed by atoms with van der Waals surface area (Å²) in [5.41, 5.74) is -1.64. The summed E-state index contributed by atoms with van der Waals surface area (Å²) in [6, 6.07) is 0. The second-order valence-corrected chi connectivity index (χ2v) is 10.2. The van der Waals surface area contributed by atoms with Gasteiger partial charge in [-0.3, -0.25) is 4.79 Å². The van der Waals surface area contributed by atoms with Crippen molar-refractivity contribution in [1.82, 2.24) is 0 Å². The van der Waals surface area contributed by atoms with Gasteiger partial charge in [-0.2, -0.15) is 0 Å². The first-order valence-electron chi connectivity index (χ1n) is 10.2. The molecule has 0 saturated heterocycles. The second-order valence-electron chi connectivity index (χ2n) is 10.2. The Kier molecular flexibility index (Phi) is 3.97. The molecule has 4 aliphatic carbocycles. The number of hydrogen-bond donors (Lipinski definition) is 3. The van der Waals surface area contributed by atoms with Crippen LogP contribution in [0.5, 0.6) is 0 Å². The predicted molar refractivity (Wildman–Crippen MR) is 94.8 cm³/mol. The quantitative estimate of drug-likeness (QED) is 0.679. The van der Waals surface area contributed by atoms with Crippen molar-refractivity contribution in [3.63, 3.8) is 0 Å². The van der Waals surface area contributed by atoms with E-state index in [1.807, 2.05) is 6.92 Å². The van der Waals surface area contributed by atoms with Crippen molar-refractivity contribution >= 4 is 5.78 Å². The van der Waals surface area contributed by atoms with Gasteiger partial charge >= 0.3 is 0 Å². The smallest absolute Gasteiger partial charge is 0.137 e. The van der Waals surface area contributed by atoms with Gasteiger partial charge in [-0.05, 0) is 75.0 Å². The zero-order valence-corrected chi connectivity index (χ0v) is 15.9. The van der Waals surface area contributed by atoms with Crippen LogP contribution in [-0.4, -0.2) is 38.9 Å². The van der Waals surface area contributed by atoms with Crippen LogP contribution < -0.4 is 0 Å². The molecule has 0 aliphatic heterocycles. The van der Waals surface area contributed by atoms with Crippen LogP contribution in [0.15, 0.2) is 0 Å². The Morgan fingerprint density at radius 3 is 2.52 bits per heavy atom. The number of Topliss-reactive ketones (excluding diaryl/α,β-unsaturated/α-hetero) is 1. The monoisotopic (exact) mass is 350 g/mol. The van der Waals surface area contributed by atoms with Crippen LogP contribution in [0.25, 0.3) is 0 Å². The van der Waals surface area contributed by atoms with Crippen molar-refractivity contribution in [2.75, 3.05) is 0 Å². The van der Waals surface area contributed by atoms with Crippen molar-refractivity contribution < 1.29 is 20.1 Å². The van der Waals surface area contributed by atoms with E-state index in [9.17, 15) is 20.1 Å². The lowest BCUT2D eigenvalue weighted by Crippen LogP contribution is -2.62. The summed E-state index contributed by atoms with van der Waals surface area (Å²) in [4.78, 5) is 13.4. The normalized spacial score (nSPS) is 56.7. The fraction of sp³-hybridized carbons (Fsp3) is 0.952. The lowest BCUT2D eigenvalue weighted by Gasteiger charge is -2.60. The van der Waals surface area contributed by atoms with E-state index < -0.39 is 17.1 Å². The molecule has 25 heavy (non-hydrogen) atoms. The summed E-state index contributed by atoms with van der Waals surface area (Å²) in [5.74, 6) is 1.47. The van der Waals surface area contributed by atoms with E-state index in [2.05, 4.69) is 6.92 Å². The van der Waals surface area contributed by atoms with E-state index in [0.29, 0.717) is 36.4 Å². The highest BCUT2D eigenvalue weighted by atomic mass is 16.3. The average molecular weight is 350 g/mol. The molecule has 0 amide bonds. The highest BCUT2D eigenvalue weighted by Gasteiger charge is 2.68. The van der Waals surface area contributed by atoms with Gasteiger partial charge in [0.15, 0.2) is 0 Å².